The summed E-state index contributed by atoms with van der Waals surface area (Å²) < 4.78 is 4.95. The van der Waals surface area contributed by atoms with Crippen LogP contribution in [0.4, 0.5) is 11.4 Å². The first kappa shape index (κ1) is 24.1. The van der Waals surface area contributed by atoms with Crippen molar-refractivity contribution in [1.82, 2.24) is 5.32 Å². The molecule has 1 fully saturated rings. The van der Waals surface area contributed by atoms with Crippen molar-refractivity contribution >= 4 is 52.9 Å². The molecular formula is C20H23N3O7S. The van der Waals surface area contributed by atoms with Crippen molar-refractivity contribution in [2.75, 3.05) is 23.8 Å². The summed E-state index contributed by atoms with van der Waals surface area (Å²) in [6.07, 6.45) is 1.51. The second kappa shape index (κ2) is 10.7. The van der Waals surface area contributed by atoms with E-state index in [4.69, 9.17) is 4.74 Å². The van der Waals surface area contributed by atoms with Crippen LogP contribution in [0.25, 0.3) is 0 Å². The highest BCUT2D eigenvalue weighted by Gasteiger charge is 2.41. The smallest absolute Gasteiger partial charge is 0.337 e. The van der Waals surface area contributed by atoms with Crippen molar-refractivity contribution in [2.45, 2.75) is 19.4 Å². The predicted molar refractivity (Wildman–Crippen MR) is 115 cm³/mol. The van der Waals surface area contributed by atoms with Crippen LogP contribution in [0.2, 0.25) is 0 Å². The van der Waals surface area contributed by atoms with Gasteiger partial charge in [-0.1, -0.05) is 12.7 Å². The molecule has 0 aliphatic carbocycles. The Bertz CT molecular complexity index is 918. The molecule has 0 spiro atoms. The average molecular weight is 449 g/mol. The van der Waals surface area contributed by atoms with Crippen molar-refractivity contribution < 1.29 is 33.8 Å². The summed E-state index contributed by atoms with van der Waals surface area (Å²) in [7, 11) is 0. The third-order valence-electron chi connectivity index (χ3n) is 4.64. The van der Waals surface area contributed by atoms with Gasteiger partial charge in [-0.2, -0.15) is 0 Å². The first-order chi connectivity index (χ1) is 14.6. The van der Waals surface area contributed by atoms with Crippen LogP contribution in [0.1, 0.15) is 23.7 Å². The van der Waals surface area contributed by atoms with E-state index in [0.717, 1.165) is 0 Å². The maximum Gasteiger partial charge on any atom is 0.337 e. The zero-order valence-electron chi connectivity index (χ0n) is 16.7. The summed E-state index contributed by atoms with van der Waals surface area (Å²) >= 11 is 3.77. The number of hydrogen-bond donors (Lipinski definition) is 5. The van der Waals surface area contributed by atoms with Gasteiger partial charge in [0.1, 0.15) is 12.5 Å². The monoisotopic (exact) mass is 449 g/mol. The Balaban J connectivity index is 2.13. The van der Waals surface area contributed by atoms with E-state index in [2.05, 4.69) is 35.2 Å². The lowest BCUT2D eigenvalue weighted by molar-refractivity contribution is -0.151. The minimum absolute atomic E-state index is 0.00112. The van der Waals surface area contributed by atoms with Crippen molar-refractivity contribution in [1.29, 1.82) is 0 Å². The molecule has 10 nitrogen and oxygen atoms in total. The second-order valence-corrected chi connectivity index (χ2v) is 7.37. The Hall–Kier alpha value is -3.18. The third-order valence-corrected chi connectivity index (χ3v) is 4.92. The number of esters is 1. The number of carbonyl (C=O) groups excluding carboxylic acids is 4. The van der Waals surface area contributed by atoms with Crippen molar-refractivity contribution in [2.24, 2.45) is 11.8 Å². The van der Waals surface area contributed by atoms with E-state index in [0.29, 0.717) is 5.69 Å². The molecule has 1 aromatic rings. The fraction of sp³-hybridized carbons (Fsp3) is 0.350. The van der Waals surface area contributed by atoms with Crippen LogP contribution in [0.3, 0.4) is 0 Å². The summed E-state index contributed by atoms with van der Waals surface area (Å²) in [5.74, 6) is -4.58. The van der Waals surface area contributed by atoms with Crippen molar-refractivity contribution in [3.05, 3.63) is 36.4 Å². The van der Waals surface area contributed by atoms with Gasteiger partial charge in [-0.3, -0.25) is 19.2 Å². The van der Waals surface area contributed by atoms with Gasteiger partial charge in [0.2, 0.25) is 11.8 Å². The number of benzene rings is 1. The van der Waals surface area contributed by atoms with Gasteiger partial charge in [0, 0.05) is 19.2 Å². The van der Waals surface area contributed by atoms with Crippen LogP contribution in [0, 0.1) is 11.8 Å². The van der Waals surface area contributed by atoms with E-state index in [1.54, 1.807) is 0 Å². The van der Waals surface area contributed by atoms with E-state index in [1.165, 1.54) is 31.2 Å². The molecular weight excluding hydrogens is 426 g/mol. The number of amides is 2. The Morgan fingerprint density at radius 2 is 2.03 bits per heavy atom. The summed E-state index contributed by atoms with van der Waals surface area (Å²) in [5.41, 5.74) is 0.158. The standard InChI is InChI=1S/C20H23N3O7S/c1-3-6-30-19(28)16(20(29)31)11-7-15(21-9-11)17(25)23-14-8-12(22-10(2)24)4-5-13(14)18(26)27/h3-5,8,11,15-16,21H,1,6-7,9H2,2H3,(H,22,24)(H,23,25)(H,26,27)(H,29,31)/t11-,15+,16?/m1/s1. The maximum atomic E-state index is 12.7. The molecule has 0 bridgehead atoms. The van der Waals surface area contributed by atoms with Crippen molar-refractivity contribution in [3.63, 3.8) is 0 Å². The van der Waals surface area contributed by atoms with Gasteiger partial charge in [-0.05, 0) is 30.5 Å². The number of ether oxygens (including phenoxy) is 1. The lowest BCUT2D eigenvalue weighted by atomic mass is 9.90. The number of carbonyl (C=O) groups is 5. The minimum atomic E-state index is -1.26. The Kier molecular flexibility index (Phi) is 8.34. The summed E-state index contributed by atoms with van der Waals surface area (Å²) in [6.45, 7) is 4.87. The number of carboxylic acids is 1. The van der Waals surface area contributed by atoms with Gasteiger partial charge in [0.25, 0.3) is 0 Å². The molecule has 166 valence electrons. The molecule has 1 aliphatic heterocycles. The lowest BCUT2D eigenvalue weighted by Gasteiger charge is -2.18. The van der Waals surface area contributed by atoms with Gasteiger partial charge < -0.3 is 25.8 Å². The van der Waals surface area contributed by atoms with Crippen LogP contribution in [-0.2, 0) is 23.9 Å². The molecule has 11 heteroatoms. The molecule has 2 rings (SSSR count). The highest BCUT2D eigenvalue weighted by atomic mass is 32.1. The number of anilines is 2. The Morgan fingerprint density at radius 3 is 2.61 bits per heavy atom. The summed E-state index contributed by atoms with van der Waals surface area (Å²) in [4.78, 5) is 59.5. The van der Waals surface area contributed by atoms with E-state index >= 15 is 0 Å². The lowest BCUT2D eigenvalue weighted by Crippen LogP contribution is -2.35. The zero-order chi connectivity index (χ0) is 23.1. The number of thiol groups is 1. The number of hydrogen-bond acceptors (Lipinski definition) is 7. The molecule has 0 saturated carbocycles. The molecule has 2 amide bonds. The van der Waals surface area contributed by atoms with Gasteiger partial charge in [0.05, 0.1) is 17.3 Å². The van der Waals surface area contributed by atoms with Crippen LogP contribution >= 0.6 is 12.6 Å². The maximum absolute atomic E-state index is 12.7. The topological polar surface area (TPSA) is 151 Å². The van der Waals surface area contributed by atoms with Crippen molar-refractivity contribution in [3.8, 4) is 0 Å². The highest BCUT2D eigenvalue weighted by Crippen LogP contribution is 2.28. The summed E-state index contributed by atoms with van der Waals surface area (Å²) in [6, 6.07) is 3.22. The largest absolute Gasteiger partial charge is 0.478 e. The van der Waals surface area contributed by atoms with Gasteiger partial charge in [-0.15, -0.1) is 12.6 Å². The first-order valence-corrected chi connectivity index (χ1v) is 9.78. The van der Waals surface area contributed by atoms with E-state index in [1.807, 2.05) is 0 Å². The third kappa shape index (κ3) is 6.40. The Morgan fingerprint density at radius 1 is 1.32 bits per heavy atom. The fourth-order valence-corrected chi connectivity index (χ4v) is 3.59. The van der Waals surface area contributed by atoms with E-state index < -0.39 is 40.8 Å². The molecule has 1 aromatic carbocycles. The SMILES string of the molecule is C=CCOC(=O)C(C(=O)S)[C@H]1CN[C@H](C(=O)Nc2cc(NC(C)=O)ccc2C(=O)O)C1. The average Bonchev–Trinajstić information content (AvgIpc) is 3.15. The number of aromatic carboxylic acids is 1. The van der Waals surface area contributed by atoms with E-state index in [9.17, 15) is 29.1 Å². The van der Waals surface area contributed by atoms with E-state index in [-0.39, 0.29) is 36.7 Å². The minimum Gasteiger partial charge on any atom is -0.478 e. The molecule has 3 atom stereocenters. The summed E-state index contributed by atoms with van der Waals surface area (Å²) in [5, 5.41) is 16.7. The number of carboxylic acid groups (broad SMARTS) is 1. The van der Waals surface area contributed by atoms with Gasteiger partial charge in [-0.25, -0.2) is 4.79 Å². The molecule has 0 radical (unpaired) electrons. The normalized spacial score (nSPS) is 18.5. The van der Waals surface area contributed by atoms with Gasteiger partial charge in [0.15, 0.2) is 5.12 Å². The van der Waals surface area contributed by atoms with Crippen LogP contribution in [0.15, 0.2) is 30.9 Å². The predicted octanol–water partition coefficient (Wildman–Crippen LogP) is 1.06. The molecule has 31 heavy (non-hydrogen) atoms. The fourth-order valence-electron chi connectivity index (χ4n) is 3.28. The highest BCUT2D eigenvalue weighted by molar-refractivity contribution is 7.96. The second-order valence-electron chi connectivity index (χ2n) is 6.93. The molecule has 1 heterocycles. The zero-order valence-corrected chi connectivity index (χ0v) is 17.6. The first-order valence-electron chi connectivity index (χ1n) is 9.33. The van der Waals surface area contributed by atoms with Gasteiger partial charge >= 0.3 is 11.9 Å². The quantitative estimate of drug-likeness (QED) is 0.162. The molecule has 4 N–H and O–H groups in total. The molecule has 1 aliphatic rings. The Labute approximate surface area is 183 Å². The number of rotatable bonds is 9. The molecule has 1 unspecified atom stereocenters. The van der Waals surface area contributed by atoms with Crippen LogP contribution < -0.4 is 16.0 Å². The molecule has 1 saturated heterocycles. The molecule has 0 aromatic heterocycles. The number of nitrogens with one attached hydrogen (secondary N) is 3. The van der Waals surface area contributed by atoms with Crippen LogP contribution in [-0.4, -0.2) is 53.2 Å². The van der Waals surface area contributed by atoms with Crippen LogP contribution in [0.5, 0.6) is 0 Å².